The molecular formula is C12H19N3O2S. The van der Waals surface area contributed by atoms with E-state index in [2.05, 4.69) is 10.6 Å². The van der Waals surface area contributed by atoms with Gasteiger partial charge in [-0.05, 0) is 24.8 Å². The normalized spacial score (nSPS) is 11.9. The van der Waals surface area contributed by atoms with Crippen LogP contribution in [0, 0.1) is 0 Å². The quantitative estimate of drug-likeness (QED) is 0.682. The minimum absolute atomic E-state index is 0.0683. The average Bonchev–Trinajstić information content (AvgIpc) is 2.81. The highest BCUT2D eigenvalue weighted by Gasteiger charge is 2.06. The lowest BCUT2D eigenvalue weighted by atomic mass is 10.2. The van der Waals surface area contributed by atoms with Crippen molar-refractivity contribution in [2.75, 3.05) is 13.1 Å². The molecule has 1 heterocycles. The number of amides is 2. The Morgan fingerprint density at radius 1 is 1.39 bits per heavy atom. The maximum atomic E-state index is 11.5. The molecule has 6 heteroatoms. The Balaban J connectivity index is 2.10. The molecule has 0 aliphatic rings. The largest absolute Gasteiger partial charge is 0.356 e. The predicted octanol–water partition coefficient (Wildman–Crippen LogP) is 0.721. The van der Waals surface area contributed by atoms with Crippen LogP contribution in [0.4, 0.5) is 0 Å². The number of carbonyl (C=O) groups is 2. The van der Waals surface area contributed by atoms with E-state index >= 15 is 0 Å². The van der Waals surface area contributed by atoms with Gasteiger partial charge in [0.25, 0.3) is 5.91 Å². The Labute approximate surface area is 111 Å². The molecule has 1 unspecified atom stereocenters. The topological polar surface area (TPSA) is 84.2 Å². The monoisotopic (exact) mass is 269 g/mol. The molecular weight excluding hydrogens is 250 g/mol. The first-order valence-electron chi connectivity index (χ1n) is 5.92. The van der Waals surface area contributed by atoms with E-state index in [1.165, 1.54) is 11.3 Å². The van der Waals surface area contributed by atoms with Crippen LogP contribution >= 0.6 is 11.3 Å². The standard InChI is InChI=1S/C12H19N3O2S/c1-9(13)2-5-14-11(16)3-6-15-12(17)10-4-7-18-8-10/h4,7-9H,2-3,5-6,13H2,1H3,(H,14,16)(H,15,17). The molecule has 0 radical (unpaired) electrons. The molecule has 0 fully saturated rings. The molecule has 4 N–H and O–H groups in total. The van der Waals surface area contributed by atoms with Crippen molar-refractivity contribution in [1.82, 2.24) is 10.6 Å². The number of thiophene rings is 1. The van der Waals surface area contributed by atoms with Gasteiger partial charge < -0.3 is 16.4 Å². The van der Waals surface area contributed by atoms with Gasteiger partial charge in [-0.15, -0.1) is 0 Å². The molecule has 0 saturated carbocycles. The summed E-state index contributed by atoms with van der Waals surface area (Å²) < 4.78 is 0. The highest BCUT2D eigenvalue weighted by Crippen LogP contribution is 2.04. The predicted molar refractivity (Wildman–Crippen MR) is 72.5 cm³/mol. The molecule has 5 nitrogen and oxygen atoms in total. The van der Waals surface area contributed by atoms with Crippen LogP contribution in [0.25, 0.3) is 0 Å². The first kappa shape index (κ1) is 14.7. The zero-order valence-corrected chi connectivity index (χ0v) is 11.3. The number of rotatable bonds is 7. The summed E-state index contributed by atoms with van der Waals surface area (Å²) in [4.78, 5) is 22.9. The first-order chi connectivity index (χ1) is 8.59. The molecule has 0 aliphatic carbocycles. The van der Waals surface area contributed by atoms with E-state index < -0.39 is 0 Å². The molecule has 1 atom stereocenters. The maximum Gasteiger partial charge on any atom is 0.252 e. The van der Waals surface area contributed by atoms with Crippen molar-refractivity contribution in [2.45, 2.75) is 25.8 Å². The number of hydrogen-bond acceptors (Lipinski definition) is 4. The number of carbonyl (C=O) groups excluding carboxylic acids is 2. The smallest absolute Gasteiger partial charge is 0.252 e. The van der Waals surface area contributed by atoms with Gasteiger partial charge in [0.05, 0.1) is 0 Å². The van der Waals surface area contributed by atoms with Gasteiger partial charge in [0.15, 0.2) is 0 Å². The summed E-state index contributed by atoms with van der Waals surface area (Å²) in [5.41, 5.74) is 6.20. The summed E-state index contributed by atoms with van der Waals surface area (Å²) in [6, 6.07) is 1.84. The van der Waals surface area contributed by atoms with E-state index in [-0.39, 0.29) is 24.3 Å². The molecule has 0 bridgehead atoms. The summed E-state index contributed by atoms with van der Waals surface area (Å²) in [5, 5.41) is 9.07. The van der Waals surface area contributed by atoms with Gasteiger partial charge in [0.2, 0.25) is 5.91 Å². The van der Waals surface area contributed by atoms with Gasteiger partial charge >= 0.3 is 0 Å². The van der Waals surface area contributed by atoms with Crippen molar-refractivity contribution in [2.24, 2.45) is 5.73 Å². The lowest BCUT2D eigenvalue weighted by molar-refractivity contribution is -0.120. The average molecular weight is 269 g/mol. The van der Waals surface area contributed by atoms with Crippen molar-refractivity contribution in [3.63, 3.8) is 0 Å². The molecule has 2 amide bonds. The van der Waals surface area contributed by atoms with E-state index in [9.17, 15) is 9.59 Å². The second kappa shape index (κ2) is 7.84. The van der Waals surface area contributed by atoms with Gasteiger partial charge in [-0.25, -0.2) is 0 Å². The minimum atomic E-state index is -0.139. The van der Waals surface area contributed by atoms with Crippen molar-refractivity contribution in [3.05, 3.63) is 22.4 Å². The fourth-order valence-electron chi connectivity index (χ4n) is 1.31. The Hall–Kier alpha value is -1.40. The third-order valence-electron chi connectivity index (χ3n) is 2.34. The fourth-order valence-corrected chi connectivity index (χ4v) is 1.95. The number of hydrogen-bond donors (Lipinski definition) is 3. The molecule has 0 aliphatic heterocycles. The summed E-state index contributed by atoms with van der Waals surface area (Å²) in [6.07, 6.45) is 1.04. The van der Waals surface area contributed by atoms with E-state index in [1.54, 1.807) is 11.4 Å². The van der Waals surface area contributed by atoms with Crippen molar-refractivity contribution in [3.8, 4) is 0 Å². The van der Waals surface area contributed by atoms with Crippen LogP contribution in [0.2, 0.25) is 0 Å². The summed E-state index contributed by atoms with van der Waals surface area (Å²) >= 11 is 1.47. The third-order valence-corrected chi connectivity index (χ3v) is 3.03. The van der Waals surface area contributed by atoms with Crippen LogP contribution < -0.4 is 16.4 Å². The highest BCUT2D eigenvalue weighted by molar-refractivity contribution is 7.08. The molecule has 1 aromatic rings. The van der Waals surface area contributed by atoms with E-state index in [0.29, 0.717) is 18.7 Å². The van der Waals surface area contributed by atoms with E-state index in [1.807, 2.05) is 12.3 Å². The minimum Gasteiger partial charge on any atom is -0.356 e. The van der Waals surface area contributed by atoms with Crippen LogP contribution in [0.3, 0.4) is 0 Å². The second-order valence-corrected chi connectivity index (χ2v) is 4.91. The number of nitrogens with two attached hydrogens (primary N) is 1. The summed E-state index contributed by atoms with van der Waals surface area (Å²) in [5.74, 6) is -0.208. The Morgan fingerprint density at radius 3 is 2.78 bits per heavy atom. The van der Waals surface area contributed by atoms with Gasteiger partial charge in [-0.2, -0.15) is 11.3 Å². The molecule has 100 valence electrons. The van der Waals surface area contributed by atoms with Crippen LogP contribution in [0.1, 0.15) is 30.1 Å². The lowest BCUT2D eigenvalue weighted by Crippen LogP contribution is -2.32. The zero-order valence-electron chi connectivity index (χ0n) is 10.4. The van der Waals surface area contributed by atoms with Gasteiger partial charge in [-0.1, -0.05) is 0 Å². The molecule has 0 spiro atoms. The highest BCUT2D eigenvalue weighted by atomic mass is 32.1. The van der Waals surface area contributed by atoms with Crippen molar-refractivity contribution < 1.29 is 9.59 Å². The third kappa shape index (κ3) is 5.79. The summed E-state index contributed by atoms with van der Waals surface area (Å²) in [7, 11) is 0. The van der Waals surface area contributed by atoms with Crippen LogP contribution in [-0.4, -0.2) is 30.9 Å². The van der Waals surface area contributed by atoms with Crippen molar-refractivity contribution >= 4 is 23.2 Å². The molecule has 0 aromatic carbocycles. The second-order valence-electron chi connectivity index (χ2n) is 4.13. The zero-order chi connectivity index (χ0) is 13.4. The molecule has 18 heavy (non-hydrogen) atoms. The fraction of sp³-hybridized carbons (Fsp3) is 0.500. The maximum absolute atomic E-state index is 11.5. The Kier molecular flexibility index (Phi) is 6.38. The van der Waals surface area contributed by atoms with Gasteiger partial charge in [-0.3, -0.25) is 9.59 Å². The van der Waals surface area contributed by atoms with Crippen LogP contribution in [-0.2, 0) is 4.79 Å². The molecule has 0 saturated heterocycles. The van der Waals surface area contributed by atoms with Crippen LogP contribution in [0.15, 0.2) is 16.8 Å². The Bertz CT molecular complexity index is 377. The van der Waals surface area contributed by atoms with Gasteiger partial charge in [0.1, 0.15) is 0 Å². The van der Waals surface area contributed by atoms with Crippen molar-refractivity contribution in [1.29, 1.82) is 0 Å². The van der Waals surface area contributed by atoms with Crippen LogP contribution in [0.5, 0.6) is 0 Å². The SMILES string of the molecule is CC(N)CCNC(=O)CCNC(=O)c1ccsc1. The van der Waals surface area contributed by atoms with E-state index in [4.69, 9.17) is 5.73 Å². The molecule has 1 aromatic heterocycles. The first-order valence-corrected chi connectivity index (χ1v) is 6.86. The number of nitrogens with one attached hydrogen (secondary N) is 2. The molecule has 1 rings (SSSR count). The lowest BCUT2D eigenvalue weighted by Gasteiger charge is -2.07. The van der Waals surface area contributed by atoms with Gasteiger partial charge in [0, 0.05) is 36.5 Å². The van der Waals surface area contributed by atoms with E-state index in [0.717, 1.165) is 6.42 Å². The summed E-state index contributed by atoms with van der Waals surface area (Å²) in [6.45, 7) is 2.82. The Morgan fingerprint density at radius 2 is 2.17 bits per heavy atom.